The second kappa shape index (κ2) is 7.70. The number of amides is 1. The fraction of sp³-hybridized carbons (Fsp3) is 0.333. The lowest BCUT2D eigenvalue weighted by Crippen LogP contribution is -2.28. The summed E-state index contributed by atoms with van der Waals surface area (Å²) >= 11 is 0. The van der Waals surface area contributed by atoms with Crippen molar-refractivity contribution in [3.8, 4) is 17.2 Å². The van der Waals surface area contributed by atoms with Crippen LogP contribution in [0.15, 0.2) is 47.6 Å². The van der Waals surface area contributed by atoms with Gasteiger partial charge >= 0.3 is 0 Å². The molecule has 6 heteroatoms. The standard InChI is InChI=1S/C21H24N2O4/c1-13-19(16-11-17(25-3)21(27-5)18(12-16)26-4)20(23(22-13)14(2)24)15-9-7-6-8-10-15/h6-12,19-20H,1-5H3. The van der Waals surface area contributed by atoms with Gasteiger partial charge < -0.3 is 14.2 Å². The molecule has 0 aromatic heterocycles. The Kier molecular flexibility index (Phi) is 5.35. The van der Waals surface area contributed by atoms with E-state index in [0.717, 1.165) is 16.8 Å². The van der Waals surface area contributed by atoms with Crippen LogP contribution in [0.1, 0.15) is 36.9 Å². The summed E-state index contributed by atoms with van der Waals surface area (Å²) in [6.07, 6.45) is 0. The van der Waals surface area contributed by atoms with Crippen LogP contribution in [0.2, 0.25) is 0 Å². The average Bonchev–Trinajstić information content (AvgIpc) is 3.04. The van der Waals surface area contributed by atoms with Gasteiger partial charge in [-0.25, -0.2) is 5.01 Å². The van der Waals surface area contributed by atoms with Crippen LogP contribution >= 0.6 is 0 Å². The molecule has 0 saturated heterocycles. The molecule has 6 nitrogen and oxygen atoms in total. The van der Waals surface area contributed by atoms with E-state index in [1.165, 1.54) is 6.92 Å². The number of ether oxygens (including phenoxy) is 3. The van der Waals surface area contributed by atoms with Crippen LogP contribution in [-0.4, -0.2) is 38.0 Å². The van der Waals surface area contributed by atoms with Crippen molar-refractivity contribution in [2.24, 2.45) is 5.10 Å². The van der Waals surface area contributed by atoms with Crippen molar-refractivity contribution < 1.29 is 19.0 Å². The van der Waals surface area contributed by atoms with Crippen LogP contribution in [0.25, 0.3) is 0 Å². The van der Waals surface area contributed by atoms with Gasteiger partial charge in [0, 0.05) is 12.6 Å². The molecule has 1 aliphatic heterocycles. The third-order valence-corrected chi connectivity index (χ3v) is 4.80. The maximum absolute atomic E-state index is 12.2. The van der Waals surface area contributed by atoms with Gasteiger partial charge in [0.2, 0.25) is 11.7 Å². The van der Waals surface area contributed by atoms with Gasteiger partial charge in [0.15, 0.2) is 11.5 Å². The van der Waals surface area contributed by atoms with Crippen molar-refractivity contribution >= 4 is 11.6 Å². The van der Waals surface area contributed by atoms with Crippen LogP contribution in [-0.2, 0) is 4.79 Å². The molecule has 0 N–H and O–H groups in total. The molecule has 1 aliphatic rings. The van der Waals surface area contributed by atoms with E-state index in [1.54, 1.807) is 26.3 Å². The molecule has 0 aliphatic carbocycles. The minimum atomic E-state index is -0.230. The van der Waals surface area contributed by atoms with Crippen LogP contribution in [0.4, 0.5) is 0 Å². The van der Waals surface area contributed by atoms with Crippen molar-refractivity contribution in [3.05, 3.63) is 53.6 Å². The van der Waals surface area contributed by atoms with Gasteiger partial charge in [-0.15, -0.1) is 0 Å². The van der Waals surface area contributed by atoms with Crippen LogP contribution in [0.5, 0.6) is 17.2 Å². The van der Waals surface area contributed by atoms with Gasteiger partial charge in [-0.05, 0) is 30.2 Å². The Morgan fingerprint density at radius 1 is 0.963 bits per heavy atom. The van der Waals surface area contributed by atoms with Crippen molar-refractivity contribution in [3.63, 3.8) is 0 Å². The summed E-state index contributed by atoms with van der Waals surface area (Å²) in [5, 5.41) is 6.10. The summed E-state index contributed by atoms with van der Waals surface area (Å²) in [5.41, 5.74) is 2.82. The highest BCUT2D eigenvalue weighted by Crippen LogP contribution is 2.47. The van der Waals surface area contributed by atoms with Crippen LogP contribution < -0.4 is 14.2 Å². The number of hydrazone groups is 1. The fourth-order valence-corrected chi connectivity index (χ4v) is 3.62. The Bertz CT molecular complexity index is 839. The highest BCUT2D eigenvalue weighted by atomic mass is 16.5. The van der Waals surface area contributed by atoms with Gasteiger partial charge in [0.05, 0.1) is 33.3 Å². The van der Waals surface area contributed by atoms with Gasteiger partial charge in [-0.1, -0.05) is 30.3 Å². The van der Waals surface area contributed by atoms with E-state index in [9.17, 15) is 4.79 Å². The number of benzene rings is 2. The van der Waals surface area contributed by atoms with E-state index in [1.807, 2.05) is 49.4 Å². The summed E-state index contributed by atoms with van der Waals surface area (Å²) in [5.74, 6) is 1.47. The number of nitrogens with zero attached hydrogens (tertiary/aromatic N) is 2. The normalized spacial score (nSPS) is 18.9. The third kappa shape index (κ3) is 3.35. The molecule has 3 rings (SSSR count). The molecule has 0 fully saturated rings. The van der Waals surface area contributed by atoms with Gasteiger partial charge in [-0.3, -0.25) is 4.79 Å². The maximum Gasteiger partial charge on any atom is 0.240 e. The van der Waals surface area contributed by atoms with Crippen molar-refractivity contribution in [1.29, 1.82) is 0 Å². The molecule has 2 aromatic carbocycles. The number of hydrogen-bond acceptors (Lipinski definition) is 5. The SMILES string of the molecule is COc1cc(C2C(C)=NN(C(C)=O)C2c2ccccc2)cc(OC)c1OC. The molecule has 2 aromatic rings. The van der Waals surface area contributed by atoms with Crippen LogP contribution in [0, 0.1) is 0 Å². The Morgan fingerprint density at radius 3 is 2.04 bits per heavy atom. The molecular formula is C21H24N2O4. The molecule has 1 amide bonds. The zero-order valence-electron chi connectivity index (χ0n) is 16.2. The molecule has 0 spiro atoms. The Balaban J connectivity index is 2.16. The Labute approximate surface area is 159 Å². The Hall–Kier alpha value is -3.02. The largest absolute Gasteiger partial charge is 0.493 e. The van der Waals surface area contributed by atoms with Gasteiger partial charge in [0.25, 0.3) is 0 Å². The lowest BCUT2D eigenvalue weighted by molar-refractivity contribution is -0.130. The molecule has 27 heavy (non-hydrogen) atoms. The lowest BCUT2D eigenvalue weighted by Gasteiger charge is -2.27. The predicted molar refractivity (Wildman–Crippen MR) is 104 cm³/mol. The summed E-state index contributed by atoms with van der Waals surface area (Å²) in [6.45, 7) is 3.47. The lowest BCUT2D eigenvalue weighted by atomic mass is 9.84. The van der Waals surface area contributed by atoms with Crippen molar-refractivity contribution in [2.75, 3.05) is 21.3 Å². The van der Waals surface area contributed by atoms with E-state index < -0.39 is 0 Å². The molecule has 2 atom stereocenters. The van der Waals surface area contributed by atoms with Crippen LogP contribution in [0.3, 0.4) is 0 Å². The molecule has 1 heterocycles. The first-order chi connectivity index (χ1) is 13.0. The van der Waals surface area contributed by atoms with Gasteiger partial charge in [0.1, 0.15) is 0 Å². The van der Waals surface area contributed by atoms with Crippen molar-refractivity contribution in [2.45, 2.75) is 25.8 Å². The minimum absolute atomic E-state index is 0.0989. The summed E-state index contributed by atoms with van der Waals surface area (Å²) < 4.78 is 16.4. The average molecular weight is 368 g/mol. The second-order valence-corrected chi connectivity index (χ2v) is 6.40. The predicted octanol–water partition coefficient (Wildman–Crippen LogP) is 3.78. The zero-order chi connectivity index (χ0) is 19.6. The smallest absolute Gasteiger partial charge is 0.240 e. The fourth-order valence-electron chi connectivity index (χ4n) is 3.62. The number of carbonyl (C=O) groups excluding carboxylic acids is 1. The van der Waals surface area contributed by atoms with E-state index >= 15 is 0 Å². The summed E-state index contributed by atoms with van der Waals surface area (Å²) in [6, 6.07) is 13.5. The minimum Gasteiger partial charge on any atom is -0.493 e. The topological polar surface area (TPSA) is 60.4 Å². The zero-order valence-corrected chi connectivity index (χ0v) is 16.2. The first kappa shape index (κ1) is 18.8. The van der Waals surface area contributed by atoms with E-state index in [0.29, 0.717) is 17.2 Å². The number of carbonyl (C=O) groups is 1. The first-order valence-electron chi connectivity index (χ1n) is 8.71. The quantitative estimate of drug-likeness (QED) is 0.806. The maximum atomic E-state index is 12.2. The number of rotatable bonds is 5. The van der Waals surface area contributed by atoms with E-state index in [2.05, 4.69) is 5.10 Å². The highest BCUT2D eigenvalue weighted by molar-refractivity contribution is 5.94. The Morgan fingerprint density at radius 2 is 1.56 bits per heavy atom. The van der Waals surface area contributed by atoms with Gasteiger partial charge in [-0.2, -0.15) is 5.10 Å². The highest BCUT2D eigenvalue weighted by Gasteiger charge is 2.40. The molecule has 142 valence electrons. The number of methoxy groups -OCH3 is 3. The molecular weight excluding hydrogens is 344 g/mol. The first-order valence-corrected chi connectivity index (χ1v) is 8.71. The summed E-state index contributed by atoms with van der Waals surface area (Å²) in [7, 11) is 4.76. The molecule has 0 bridgehead atoms. The van der Waals surface area contributed by atoms with Crippen molar-refractivity contribution in [1.82, 2.24) is 5.01 Å². The van der Waals surface area contributed by atoms with E-state index in [4.69, 9.17) is 14.2 Å². The summed E-state index contributed by atoms with van der Waals surface area (Å²) in [4.78, 5) is 12.2. The molecule has 2 unspecified atom stereocenters. The monoisotopic (exact) mass is 368 g/mol. The second-order valence-electron chi connectivity index (χ2n) is 6.40. The number of hydrogen-bond donors (Lipinski definition) is 0. The molecule has 0 radical (unpaired) electrons. The third-order valence-electron chi connectivity index (χ3n) is 4.80. The molecule has 0 saturated carbocycles. The van der Waals surface area contributed by atoms with E-state index in [-0.39, 0.29) is 17.9 Å².